The van der Waals surface area contributed by atoms with Crippen molar-refractivity contribution in [3.8, 4) is 11.8 Å². The van der Waals surface area contributed by atoms with E-state index in [1.807, 2.05) is 6.07 Å². The summed E-state index contributed by atoms with van der Waals surface area (Å²) in [5.41, 5.74) is 7.39. The number of carbonyl (C=O) groups excluding carboxylic acids is 2. The molecule has 0 spiro atoms. The number of aliphatic hydroxyl groups is 2. The standard InChI is InChI=1S/C30H42ClN9O5/c1-2-22-18-39(29-27(31)36-26(28(33)37-29)30(44)35-8-14-42)11-12-40(22)23-5-9-38(10-6-23)17-21-4-3-20(16-32)15-24(21)45-19-25(43)34-7-13-41/h3-4,15,22-23,41-42H,2,5-14,17-19H2,1H3,(H2,33,37)(H,34,43)(H,35,44)/t22-/m0/s1. The molecule has 2 amide bonds. The number of amides is 2. The summed E-state index contributed by atoms with van der Waals surface area (Å²) in [4.78, 5) is 40.0. The first kappa shape index (κ1) is 34.1. The SMILES string of the molecule is CC[C@H]1CN(c2nc(N)c(C(=O)NCCO)nc2Cl)CCN1C1CCN(Cc2ccc(C#N)cc2OCC(=O)NCCO)CC1. The van der Waals surface area contributed by atoms with E-state index in [0.717, 1.165) is 44.5 Å². The molecule has 1 aromatic heterocycles. The molecular formula is C30H42ClN9O5. The Morgan fingerprint density at radius 3 is 2.56 bits per heavy atom. The number of aliphatic hydroxyl groups excluding tert-OH is 2. The van der Waals surface area contributed by atoms with E-state index in [9.17, 15) is 14.9 Å². The normalized spacial score (nSPS) is 17.9. The molecule has 1 aromatic carbocycles. The molecule has 14 nitrogen and oxygen atoms in total. The molecule has 2 aliphatic heterocycles. The maximum absolute atomic E-state index is 12.3. The van der Waals surface area contributed by atoms with Crippen molar-refractivity contribution in [2.75, 3.05) is 76.3 Å². The van der Waals surface area contributed by atoms with Crippen LogP contribution in [0.3, 0.4) is 0 Å². The van der Waals surface area contributed by atoms with Crippen molar-refractivity contribution in [1.29, 1.82) is 5.26 Å². The topological polar surface area (TPSA) is 193 Å². The number of rotatable bonds is 13. The van der Waals surface area contributed by atoms with E-state index in [1.54, 1.807) is 12.1 Å². The third-order valence-corrected chi connectivity index (χ3v) is 8.44. The first-order valence-electron chi connectivity index (χ1n) is 15.3. The average Bonchev–Trinajstić information content (AvgIpc) is 3.06. The number of nitriles is 1. The summed E-state index contributed by atoms with van der Waals surface area (Å²) in [6.45, 7) is 6.52. The van der Waals surface area contributed by atoms with E-state index < -0.39 is 5.91 Å². The van der Waals surface area contributed by atoms with Gasteiger partial charge in [0.1, 0.15) is 5.75 Å². The van der Waals surface area contributed by atoms with Crippen LogP contribution in [0, 0.1) is 11.3 Å². The summed E-state index contributed by atoms with van der Waals surface area (Å²) in [5.74, 6) is 0.106. The number of likely N-dealkylation sites (tertiary alicyclic amines) is 1. The number of carbonyl (C=O) groups is 2. The summed E-state index contributed by atoms with van der Waals surface area (Å²) < 4.78 is 5.78. The number of nitrogens with one attached hydrogen (secondary N) is 2. The molecule has 3 heterocycles. The number of nitrogens with zero attached hydrogens (tertiary/aromatic N) is 6. The molecule has 244 valence electrons. The molecule has 2 saturated heterocycles. The van der Waals surface area contributed by atoms with Crippen LogP contribution in [-0.4, -0.2) is 120 Å². The van der Waals surface area contributed by atoms with Crippen molar-refractivity contribution < 1.29 is 24.5 Å². The van der Waals surface area contributed by atoms with Gasteiger partial charge in [0.15, 0.2) is 29.1 Å². The quantitative estimate of drug-likeness (QED) is 0.201. The van der Waals surface area contributed by atoms with E-state index in [1.165, 1.54) is 0 Å². The van der Waals surface area contributed by atoms with Crippen molar-refractivity contribution >= 4 is 35.1 Å². The van der Waals surface area contributed by atoms with Gasteiger partial charge in [-0.15, -0.1) is 0 Å². The van der Waals surface area contributed by atoms with Gasteiger partial charge in [-0.05, 0) is 44.5 Å². The summed E-state index contributed by atoms with van der Waals surface area (Å²) >= 11 is 6.48. The fourth-order valence-electron chi connectivity index (χ4n) is 5.87. The minimum atomic E-state index is -0.533. The van der Waals surface area contributed by atoms with Crippen LogP contribution in [0.2, 0.25) is 5.15 Å². The van der Waals surface area contributed by atoms with E-state index >= 15 is 0 Å². The zero-order chi connectivity index (χ0) is 32.3. The summed E-state index contributed by atoms with van der Waals surface area (Å²) in [7, 11) is 0. The van der Waals surface area contributed by atoms with E-state index in [4.69, 9.17) is 32.3 Å². The smallest absolute Gasteiger partial charge is 0.273 e. The van der Waals surface area contributed by atoms with Crippen molar-refractivity contribution in [2.24, 2.45) is 0 Å². The number of piperazine rings is 1. The number of benzene rings is 1. The Hall–Kier alpha value is -3.74. The molecule has 0 saturated carbocycles. The number of nitrogens with two attached hydrogens (primary N) is 1. The fraction of sp³-hybridized carbons (Fsp3) is 0.567. The number of piperidine rings is 1. The summed E-state index contributed by atoms with van der Waals surface area (Å²) in [6.07, 6.45) is 2.94. The first-order valence-corrected chi connectivity index (χ1v) is 15.6. The van der Waals surface area contributed by atoms with Gasteiger partial charge in [0.05, 0.1) is 24.8 Å². The highest BCUT2D eigenvalue weighted by Crippen LogP contribution is 2.30. The van der Waals surface area contributed by atoms with Gasteiger partial charge in [-0.25, -0.2) is 9.97 Å². The monoisotopic (exact) mass is 643 g/mol. The number of hydrogen-bond acceptors (Lipinski definition) is 12. The molecule has 0 radical (unpaired) electrons. The maximum atomic E-state index is 12.3. The lowest BCUT2D eigenvalue weighted by Gasteiger charge is -2.47. The largest absolute Gasteiger partial charge is 0.483 e. The molecule has 6 N–H and O–H groups in total. The van der Waals surface area contributed by atoms with Gasteiger partial charge >= 0.3 is 0 Å². The van der Waals surface area contributed by atoms with Gasteiger partial charge in [-0.2, -0.15) is 5.26 Å². The van der Waals surface area contributed by atoms with E-state index in [2.05, 4.69) is 48.3 Å². The highest BCUT2D eigenvalue weighted by molar-refractivity contribution is 6.32. The Bertz CT molecular complexity index is 1370. The van der Waals surface area contributed by atoms with Gasteiger partial charge in [0.25, 0.3) is 11.8 Å². The number of aromatic nitrogens is 2. The second-order valence-corrected chi connectivity index (χ2v) is 11.5. The minimum Gasteiger partial charge on any atom is -0.483 e. The van der Waals surface area contributed by atoms with Gasteiger partial charge in [-0.3, -0.25) is 19.4 Å². The third-order valence-electron chi connectivity index (χ3n) is 8.18. The van der Waals surface area contributed by atoms with Crippen LogP contribution in [0.4, 0.5) is 11.6 Å². The molecule has 15 heteroatoms. The molecule has 4 rings (SSSR count). The van der Waals surface area contributed by atoms with Crippen LogP contribution in [-0.2, 0) is 11.3 Å². The van der Waals surface area contributed by atoms with Gasteiger partial charge in [0.2, 0.25) is 0 Å². The lowest BCUT2D eigenvalue weighted by molar-refractivity contribution is -0.123. The zero-order valence-corrected chi connectivity index (χ0v) is 26.3. The van der Waals surface area contributed by atoms with Crippen molar-refractivity contribution in [2.45, 2.75) is 44.8 Å². The molecule has 0 aliphatic carbocycles. The predicted octanol–water partition coefficient (Wildman–Crippen LogP) is 0.358. The average molecular weight is 644 g/mol. The van der Waals surface area contributed by atoms with Crippen molar-refractivity contribution in [1.82, 2.24) is 30.4 Å². The number of halogens is 1. The summed E-state index contributed by atoms with van der Waals surface area (Å²) in [6, 6.07) is 8.13. The van der Waals surface area contributed by atoms with Gasteiger partial charge < -0.3 is 36.2 Å². The number of anilines is 2. The van der Waals surface area contributed by atoms with Crippen LogP contribution in [0.5, 0.6) is 5.75 Å². The highest BCUT2D eigenvalue weighted by atomic mass is 35.5. The number of ether oxygens (including phenoxy) is 1. The Kier molecular flexibility index (Phi) is 12.5. The van der Waals surface area contributed by atoms with E-state index in [0.29, 0.717) is 42.8 Å². The van der Waals surface area contributed by atoms with Crippen LogP contribution < -0.4 is 26.0 Å². The van der Waals surface area contributed by atoms with Gasteiger partial charge in [0, 0.05) is 56.9 Å². The lowest BCUT2D eigenvalue weighted by atomic mass is 9.97. The number of hydrogen-bond donors (Lipinski definition) is 5. The summed E-state index contributed by atoms with van der Waals surface area (Å²) in [5, 5.41) is 32.4. The fourth-order valence-corrected chi connectivity index (χ4v) is 6.12. The van der Waals surface area contributed by atoms with Crippen molar-refractivity contribution in [3.63, 3.8) is 0 Å². The second-order valence-electron chi connectivity index (χ2n) is 11.1. The number of nitrogen functional groups attached to an aromatic ring is 1. The Morgan fingerprint density at radius 2 is 1.87 bits per heavy atom. The second kappa shape index (κ2) is 16.5. The zero-order valence-electron chi connectivity index (χ0n) is 25.5. The van der Waals surface area contributed by atoms with Crippen LogP contribution >= 0.6 is 11.6 Å². The predicted molar refractivity (Wildman–Crippen MR) is 169 cm³/mol. The van der Waals surface area contributed by atoms with Crippen LogP contribution in [0.25, 0.3) is 0 Å². The molecule has 2 fully saturated rings. The van der Waals surface area contributed by atoms with Crippen molar-refractivity contribution in [3.05, 3.63) is 40.2 Å². The molecule has 45 heavy (non-hydrogen) atoms. The Labute approximate surface area is 268 Å². The lowest BCUT2D eigenvalue weighted by Crippen LogP contribution is -2.58. The highest BCUT2D eigenvalue weighted by Gasteiger charge is 2.34. The van der Waals surface area contributed by atoms with E-state index in [-0.39, 0.29) is 61.5 Å². The molecular weight excluding hydrogens is 602 g/mol. The third kappa shape index (κ3) is 8.93. The first-order chi connectivity index (χ1) is 21.8. The Balaban J connectivity index is 1.34. The van der Waals surface area contributed by atoms with Gasteiger partial charge in [-0.1, -0.05) is 24.6 Å². The maximum Gasteiger partial charge on any atom is 0.273 e. The molecule has 2 aliphatic rings. The molecule has 0 unspecified atom stereocenters. The molecule has 1 atom stereocenters. The Morgan fingerprint density at radius 1 is 1.13 bits per heavy atom. The minimum absolute atomic E-state index is 0.00604. The van der Waals surface area contributed by atoms with Crippen LogP contribution in [0.15, 0.2) is 18.2 Å². The van der Waals surface area contributed by atoms with Crippen LogP contribution in [0.1, 0.15) is 47.8 Å². The molecule has 0 bridgehead atoms. The molecule has 2 aromatic rings.